The van der Waals surface area contributed by atoms with E-state index < -0.39 is 0 Å². The Labute approximate surface area is 92.1 Å². The van der Waals surface area contributed by atoms with Gasteiger partial charge in [-0.05, 0) is 36.2 Å². The number of hydrogen-bond acceptors (Lipinski definition) is 3. The van der Waals surface area contributed by atoms with Gasteiger partial charge in [0.1, 0.15) is 0 Å². The minimum absolute atomic E-state index is 0.998. The molecule has 0 amide bonds. The van der Waals surface area contributed by atoms with Crippen LogP contribution in [0, 0.1) is 0 Å². The molecule has 0 fully saturated rings. The summed E-state index contributed by atoms with van der Waals surface area (Å²) in [5.74, 6) is 0. The molecule has 1 heterocycles. The van der Waals surface area contributed by atoms with Crippen molar-refractivity contribution in [3.63, 3.8) is 0 Å². The summed E-state index contributed by atoms with van der Waals surface area (Å²) in [4.78, 5) is 6.84. The quantitative estimate of drug-likeness (QED) is 0.828. The van der Waals surface area contributed by atoms with Gasteiger partial charge in [0.05, 0.1) is 9.48 Å². The molecule has 0 radical (unpaired) electrons. The van der Waals surface area contributed by atoms with E-state index in [9.17, 15) is 0 Å². The predicted molar refractivity (Wildman–Crippen MR) is 62.8 cm³/mol. The number of hydrogen-bond donors (Lipinski definition) is 0. The van der Waals surface area contributed by atoms with Crippen molar-refractivity contribution in [2.24, 2.45) is 0 Å². The molecule has 1 aromatic rings. The summed E-state index contributed by atoms with van der Waals surface area (Å²) < 4.78 is 1.18. The van der Waals surface area contributed by atoms with Crippen LogP contribution in [0.3, 0.4) is 0 Å². The molecule has 0 bridgehead atoms. The van der Waals surface area contributed by atoms with Crippen LogP contribution in [-0.4, -0.2) is 18.1 Å². The Hall–Kier alpha value is -0.0900. The molecule has 0 aliphatic rings. The highest BCUT2D eigenvalue weighted by molar-refractivity contribution is 9.11. The second-order valence-corrected chi connectivity index (χ2v) is 5.04. The predicted octanol–water partition coefficient (Wildman–Crippen LogP) is 3.31. The van der Waals surface area contributed by atoms with Gasteiger partial charge in [0.25, 0.3) is 0 Å². The van der Waals surface area contributed by atoms with Gasteiger partial charge in [0.2, 0.25) is 0 Å². The van der Waals surface area contributed by atoms with E-state index >= 15 is 0 Å². The molecule has 0 spiro atoms. The molecular formula is C9H15BrN2S. The van der Waals surface area contributed by atoms with Crippen LogP contribution in [0.2, 0.25) is 0 Å². The van der Waals surface area contributed by atoms with Gasteiger partial charge in [-0.1, -0.05) is 18.3 Å². The molecule has 4 heteroatoms. The van der Waals surface area contributed by atoms with Gasteiger partial charge in [-0.3, -0.25) is 0 Å². The second-order valence-electron chi connectivity index (χ2n) is 2.74. The fraction of sp³-hybridized carbons (Fsp3) is 0.667. The topological polar surface area (TPSA) is 16.1 Å². The number of nitrogens with zero attached hydrogens (tertiary/aromatic N) is 2. The molecule has 1 rings (SSSR count). The summed E-state index contributed by atoms with van der Waals surface area (Å²) in [6.07, 6.45) is 0.998. The molecule has 0 unspecified atom stereocenters. The second kappa shape index (κ2) is 4.96. The Kier molecular flexibility index (Phi) is 4.19. The Balaban J connectivity index is 2.88. The van der Waals surface area contributed by atoms with Crippen molar-refractivity contribution in [2.45, 2.75) is 27.2 Å². The molecule has 0 aliphatic heterocycles. The minimum Gasteiger partial charge on any atom is -0.349 e. The highest BCUT2D eigenvalue weighted by Gasteiger charge is 2.10. The van der Waals surface area contributed by atoms with Crippen LogP contribution in [0.4, 0.5) is 5.13 Å². The van der Waals surface area contributed by atoms with Gasteiger partial charge < -0.3 is 4.90 Å². The first-order valence-electron chi connectivity index (χ1n) is 4.63. The maximum Gasteiger partial charge on any atom is 0.186 e. The lowest BCUT2D eigenvalue weighted by Crippen LogP contribution is -2.21. The monoisotopic (exact) mass is 262 g/mol. The van der Waals surface area contributed by atoms with E-state index in [-0.39, 0.29) is 0 Å². The van der Waals surface area contributed by atoms with Crippen molar-refractivity contribution in [3.05, 3.63) is 9.48 Å². The molecule has 74 valence electrons. The van der Waals surface area contributed by atoms with E-state index in [1.165, 1.54) is 9.48 Å². The standard InChI is InChI=1S/C9H15BrN2S/c1-4-7-8(10)13-9(11-7)12(5-2)6-3/h4-6H2,1-3H3. The van der Waals surface area contributed by atoms with Gasteiger partial charge in [0.15, 0.2) is 5.13 Å². The van der Waals surface area contributed by atoms with Crippen LogP contribution in [0.25, 0.3) is 0 Å². The number of thiazole rings is 1. The number of rotatable bonds is 4. The molecule has 0 N–H and O–H groups in total. The highest BCUT2D eigenvalue weighted by atomic mass is 79.9. The lowest BCUT2D eigenvalue weighted by atomic mass is 10.4. The van der Waals surface area contributed by atoms with Crippen molar-refractivity contribution >= 4 is 32.4 Å². The van der Waals surface area contributed by atoms with Gasteiger partial charge in [-0.15, -0.1) is 0 Å². The summed E-state index contributed by atoms with van der Waals surface area (Å²) in [5, 5.41) is 1.13. The van der Waals surface area contributed by atoms with Crippen molar-refractivity contribution in [2.75, 3.05) is 18.0 Å². The van der Waals surface area contributed by atoms with Crippen LogP contribution >= 0.6 is 27.3 Å². The Morgan fingerprint density at radius 1 is 1.31 bits per heavy atom. The van der Waals surface area contributed by atoms with Crippen LogP contribution in [0.1, 0.15) is 26.5 Å². The summed E-state index contributed by atoms with van der Waals surface area (Å²) >= 11 is 5.26. The minimum atomic E-state index is 0.998. The number of aryl methyl sites for hydroxylation is 1. The zero-order valence-electron chi connectivity index (χ0n) is 8.30. The van der Waals surface area contributed by atoms with Gasteiger partial charge in [-0.25, -0.2) is 4.98 Å². The van der Waals surface area contributed by atoms with Gasteiger partial charge >= 0.3 is 0 Å². The van der Waals surface area contributed by atoms with Crippen molar-refractivity contribution in [3.8, 4) is 0 Å². The highest BCUT2D eigenvalue weighted by Crippen LogP contribution is 2.30. The Morgan fingerprint density at radius 2 is 1.92 bits per heavy atom. The molecule has 0 aliphatic carbocycles. The van der Waals surface area contributed by atoms with Crippen molar-refractivity contribution in [1.82, 2.24) is 4.98 Å². The van der Waals surface area contributed by atoms with Gasteiger partial charge in [-0.2, -0.15) is 0 Å². The van der Waals surface area contributed by atoms with E-state index in [0.29, 0.717) is 0 Å². The summed E-state index contributed by atoms with van der Waals surface area (Å²) in [6, 6.07) is 0. The first-order valence-corrected chi connectivity index (χ1v) is 6.23. The number of aromatic nitrogens is 1. The van der Waals surface area contributed by atoms with Crippen LogP contribution in [0.5, 0.6) is 0 Å². The normalized spacial score (nSPS) is 10.5. The molecule has 13 heavy (non-hydrogen) atoms. The van der Waals surface area contributed by atoms with Crippen LogP contribution < -0.4 is 4.90 Å². The van der Waals surface area contributed by atoms with Crippen molar-refractivity contribution in [1.29, 1.82) is 0 Å². The maximum absolute atomic E-state index is 4.57. The Morgan fingerprint density at radius 3 is 2.31 bits per heavy atom. The largest absolute Gasteiger partial charge is 0.349 e. The van der Waals surface area contributed by atoms with E-state index in [0.717, 1.165) is 24.6 Å². The molecule has 0 saturated heterocycles. The van der Waals surface area contributed by atoms with E-state index in [1.54, 1.807) is 11.3 Å². The molecular weight excluding hydrogens is 248 g/mol. The van der Waals surface area contributed by atoms with E-state index in [4.69, 9.17) is 0 Å². The van der Waals surface area contributed by atoms with E-state index in [2.05, 4.69) is 46.6 Å². The van der Waals surface area contributed by atoms with Crippen LogP contribution in [0.15, 0.2) is 3.79 Å². The smallest absolute Gasteiger partial charge is 0.186 e. The average Bonchev–Trinajstić information content (AvgIpc) is 2.49. The summed E-state index contributed by atoms with van der Waals surface area (Å²) in [5.41, 5.74) is 1.17. The van der Waals surface area contributed by atoms with Gasteiger partial charge in [0, 0.05) is 13.1 Å². The average molecular weight is 263 g/mol. The first-order chi connectivity index (χ1) is 6.22. The number of halogens is 1. The zero-order valence-corrected chi connectivity index (χ0v) is 10.7. The molecule has 2 nitrogen and oxygen atoms in total. The maximum atomic E-state index is 4.57. The lowest BCUT2D eigenvalue weighted by Gasteiger charge is -2.16. The van der Waals surface area contributed by atoms with Crippen molar-refractivity contribution < 1.29 is 0 Å². The third-order valence-electron chi connectivity index (χ3n) is 2.01. The Bertz CT molecular complexity index is 269. The molecule has 0 saturated carbocycles. The molecule has 0 atom stereocenters. The van der Waals surface area contributed by atoms with E-state index in [1.807, 2.05) is 0 Å². The molecule has 0 aromatic carbocycles. The summed E-state index contributed by atoms with van der Waals surface area (Å²) in [6.45, 7) is 8.50. The fourth-order valence-electron chi connectivity index (χ4n) is 1.17. The summed E-state index contributed by atoms with van der Waals surface area (Å²) in [7, 11) is 0. The van der Waals surface area contributed by atoms with Crippen LogP contribution in [-0.2, 0) is 6.42 Å². The SMILES string of the molecule is CCc1nc(N(CC)CC)sc1Br. The lowest BCUT2D eigenvalue weighted by molar-refractivity contribution is 0.853. The number of anilines is 1. The third kappa shape index (κ3) is 2.44. The zero-order chi connectivity index (χ0) is 9.84. The molecule has 1 aromatic heterocycles. The fourth-order valence-corrected chi connectivity index (χ4v) is 2.98. The third-order valence-corrected chi connectivity index (χ3v) is 3.90. The first kappa shape index (κ1) is 11.0.